The zero-order chi connectivity index (χ0) is 26.6. The van der Waals surface area contributed by atoms with Gasteiger partial charge in [-0.1, -0.05) is 72.8 Å². The summed E-state index contributed by atoms with van der Waals surface area (Å²) in [5, 5.41) is 5.55. The number of rotatable bonds is 4. The van der Waals surface area contributed by atoms with E-state index in [1.165, 1.54) is 5.39 Å². The highest BCUT2D eigenvalue weighted by Gasteiger charge is 2.18. The second-order valence-corrected chi connectivity index (χ2v) is 10.5. The van der Waals surface area contributed by atoms with Crippen molar-refractivity contribution in [1.82, 2.24) is 14.5 Å². The fourth-order valence-electron chi connectivity index (χ4n) is 5.70. The van der Waals surface area contributed by atoms with Crippen LogP contribution in [0.25, 0.3) is 60.8 Å². The summed E-state index contributed by atoms with van der Waals surface area (Å²) in [5.41, 5.74) is 9.00. The van der Waals surface area contributed by atoms with E-state index in [0.29, 0.717) is 0 Å². The average Bonchev–Trinajstić information content (AvgIpc) is 3.58. The lowest BCUT2D eigenvalue weighted by Gasteiger charge is -2.10. The Morgan fingerprint density at radius 2 is 1.57 bits per heavy atom. The van der Waals surface area contributed by atoms with Crippen LogP contribution in [0.4, 0.5) is 0 Å². The van der Waals surface area contributed by atoms with Crippen LogP contribution in [-0.2, 0) is 0 Å². The third-order valence-electron chi connectivity index (χ3n) is 7.60. The Bertz CT molecular complexity index is 2230. The molecule has 0 saturated heterocycles. The number of para-hydroxylation sites is 2. The fraction of sp³-hybridized carbons (Fsp3) is 0. The molecule has 0 N–H and O–H groups in total. The van der Waals surface area contributed by atoms with E-state index in [0.717, 1.165) is 71.7 Å². The number of aromatic nitrogens is 3. The highest BCUT2D eigenvalue weighted by molar-refractivity contribution is 6.50. The zero-order valence-corrected chi connectivity index (χ0v) is 22.6. The van der Waals surface area contributed by atoms with E-state index in [1.54, 1.807) is 0 Å². The number of hydrogen-bond acceptors (Lipinski definition) is 3. The van der Waals surface area contributed by atoms with Gasteiger partial charge in [0.2, 0.25) is 0 Å². The number of nitrogens with zero attached hydrogens (tertiary/aromatic N) is 3. The molecule has 4 aromatic carbocycles. The van der Waals surface area contributed by atoms with Gasteiger partial charge in [0.25, 0.3) is 0 Å². The van der Waals surface area contributed by atoms with Gasteiger partial charge in [-0.05, 0) is 53.2 Å². The SMILES string of the molecule is [SiH]=C(c1ccccc1)c1coc2ccc(-n3c4ccccc4c4cc5cccc(-c6ccccn6)c5nc43)cc12. The predicted molar refractivity (Wildman–Crippen MR) is 166 cm³/mol. The quantitative estimate of drug-likeness (QED) is 0.221. The number of benzene rings is 4. The van der Waals surface area contributed by atoms with Crippen molar-refractivity contribution in [2.45, 2.75) is 0 Å². The van der Waals surface area contributed by atoms with E-state index in [2.05, 4.69) is 110 Å². The number of furan rings is 1. The van der Waals surface area contributed by atoms with Crippen molar-refractivity contribution in [1.29, 1.82) is 0 Å². The normalized spacial score (nSPS) is 11.6. The van der Waals surface area contributed by atoms with Gasteiger partial charge in [0, 0.05) is 54.4 Å². The lowest BCUT2D eigenvalue weighted by atomic mass is 10.0. The molecule has 8 rings (SSSR count). The predicted octanol–water partition coefficient (Wildman–Crippen LogP) is 7.61. The summed E-state index contributed by atoms with van der Waals surface area (Å²) in [6, 6.07) is 39.8. The Labute approximate surface area is 233 Å². The van der Waals surface area contributed by atoms with Crippen LogP contribution >= 0.6 is 0 Å². The van der Waals surface area contributed by atoms with Crippen molar-refractivity contribution in [3.05, 3.63) is 139 Å². The van der Waals surface area contributed by atoms with Crippen LogP contribution in [-0.4, -0.2) is 29.6 Å². The minimum atomic E-state index is 0.853. The van der Waals surface area contributed by atoms with Crippen LogP contribution in [0, 0.1) is 0 Å². The van der Waals surface area contributed by atoms with E-state index in [1.807, 2.05) is 36.7 Å². The lowest BCUT2D eigenvalue weighted by molar-refractivity contribution is 0.615. The first-order valence-electron chi connectivity index (χ1n) is 13.2. The van der Waals surface area contributed by atoms with Crippen molar-refractivity contribution in [3.8, 4) is 16.9 Å². The summed E-state index contributed by atoms with van der Waals surface area (Å²) < 4.78 is 8.26. The maximum Gasteiger partial charge on any atom is 0.146 e. The van der Waals surface area contributed by atoms with Gasteiger partial charge in [-0.3, -0.25) is 9.55 Å². The number of fused-ring (bicyclic) bond motifs is 5. The first kappa shape index (κ1) is 22.8. The van der Waals surface area contributed by atoms with Gasteiger partial charge in [-0.15, -0.1) is 0 Å². The summed E-state index contributed by atoms with van der Waals surface area (Å²) in [7, 11) is 2.90. The molecule has 0 spiro atoms. The summed E-state index contributed by atoms with van der Waals surface area (Å²) in [4.78, 5) is 9.95. The van der Waals surface area contributed by atoms with E-state index >= 15 is 0 Å². The Hall–Kier alpha value is -5.13. The van der Waals surface area contributed by atoms with Crippen LogP contribution < -0.4 is 0 Å². The highest BCUT2D eigenvalue weighted by atomic mass is 28.1. The van der Waals surface area contributed by atoms with Crippen molar-refractivity contribution >= 4 is 58.8 Å². The van der Waals surface area contributed by atoms with Gasteiger partial charge in [0.05, 0.1) is 23.0 Å². The third kappa shape index (κ3) is 3.48. The molecule has 0 unspecified atom stereocenters. The Balaban J connectivity index is 1.40. The monoisotopic (exact) mass is 528 g/mol. The van der Waals surface area contributed by atoms with Gasteiger partial charge in [0.15, 0.2) is 0 Å². The summed E-state index contributed by atoms with van der Waals surface area (Å²) in [6.45, 7) is 0. The van der Waals surface area contributed by atoms with Gasteiger partial charge in [-0.2, -0.15) is 0 Å². The minimum absolute atomic E-state index is 0.853. The molecule has 187 valence electrons. The Morgan fingerprint density at radius 1 is 0.725 bits per heavy atom. The van der Waals surface area contributed by atoms with Crippen molar-refractivity contribution < 1.29 is 4.42 Å². The van der Waals surface area contributed by atoms with Gasteiger partial charge in [-0.25, -0.2) is 4.98 Å². The molecular weight excluding hydrogens is 506 g/mol. The molecule has 0 aliphatic heterocycles. The summed E-state index contributed by atoms with van der Waals surface area (Å²) >= 11 is 0. The molecule has 4 heterocycles. The molecule has 4 aromatic heterocycles. The summed E-state index contributed by atoms with van der Waals surface area (Å²) in [5.74, 6) is 0. The molecule has 0 atom stereocenters. The molecule has 0 fully saturated rings. The Kier molecular flexibility index (Phi) is 5.12. The standard InChI is InChI=1S/C35H22N3OSi/c40-34(22-9-2-1-3-10-22)29-21-39-32-17-16-24(20-27(29)32)38-31-15-5-4-12-25(31)28-19-23-11-8-13-26(33(23)37-35(28)38)30-14-6-7-18-36-30/h1-21,40H. The maximum atomic E-state index is 6.00. The van der Waals surface area contributed by atoms with Gasteiger partial charge in [0.1, 0.15) is 11.2 Å². The number of hydrogen-bond donors (Lipinski definition) is 0. The van der Waals surface area contributed by atoms with Crippen LogP contribution in [0.1, 0.15) is 11.1 Å². The Morgan fingerprint density at radius 3 is 2.45 bits per heavy atom. The minimum Gasteiger partial charge on any atom is -0.464 e. The van der Waals surface area contributed by atoms with E-state index in [4.69, 9.17) is 9.40 Å². The molecule has 0 saturated carbocycles. The lowest BCUT2D eigenvalue weighted by Crippen LogP contribution is -2.02. The molecular formula is C35H22N3OSi. The molecule has 4 nitrogen and oxygen atoms in total. The van der Waals surface area contributed by atoms with Crippen LogP contribution in [0.3, 0.4) is 0 Å². The molecule has 0 amide bonds. The average molecular weight is 529 g/mol. The topological polar surface area (TPSA) is 43.9 Å². The molecule has 1 radical (unpaired) electrons. The number of pyridine rings is 2. The molecule has 0 bridgehead atoms. The van der Waals surface area contributed by atoms with Crippen LogP contribution in [0.15, 0.2) is 132 Å². The molecule has 40 heavy (non-hydrogen) atoms. The first-order chi connectivity index (χ1) is 19.8. The van der Waals surface area contributed by atoms with Gasteiger partial charge < -0.3 is 4.42 Å². The second kappa shape index (κ2) is 8.97. The molecule has 5 heteroatoms. The third-order valence-corrected chi connectivity index (χ3v) is 8.25. The summed E-state index contributed by atoms with van der Waals surface area (Å²) in [6.07, 6.45) is 3.68. The van der Waals surface area contributed by atoms with Crippen LogP contribution in [0.2, 0.25) is 0 Å². The van der Waals surface area contributed by atoms with Crippen molar-refractivity contribution in [3.63, 3.8) is 0 Å². The zero-order valence-electron chi connectivity index (χ0n) is 21.5. The van der Waals surface area contributed by atoms with E-state index < -0.39 is 0 Å². The molecule has 0 aliphatic carbocycles. The van der Waals surface area contributed by atoms with Crippen molar-refractivity contribution in [2.75, 3.05) is 0 Å². The second-order valence-electron chi connectivity index (χ2n) is 9.91. The van der Waals surface area contributed by atoms with E-state index in [9.17, 15) is 0 Å². The molecule has 8 aromatic rings. The highest BCUT2D eigenvalue weighted by Crippen LogP contribution is 2.36. The van der Waals surface area contributed by atoms with E-state index in [-0.39, 0.29) is 0 Å². The first-order valence-corrected chi connectivity index (χ1v) is 13.8. The smallest absolute Gasteiger partial charge is 0.146 e. The molecule has 0 aliphatic rings. The van der Waals surface area contributed by atoms with Crippen LogP contribution in [0.5, 0.6) is 0 Å². The van der Waals surface area contributed by atoms with Crippen molar-refractivity contribution in [2.24, 2.45) is 0 Å². The maximum absolute atomic E-state index is 6.00. The fourth-order valence-corrected chi connectivity index (χ4v) is 6.11. The largest absolute Gasteiger partial charge is 0.464 e. The van der Waals surface area contributed by atoms with Gasteiger partial charge >= 0.3 is 0 Å².